The first kappa shape index (κ1) is 25.2. The van der Waals surface area contributed by atoms with E-state index < -0.39 is 12.1 Å². The molecule has 1 heterocycles. The maximum absolute atomic E-state index is 14.0. The monoisotopic (exact) mass is 477 g/mol. The van der Waals surface area contributed by atoms with Crippen molar-refractivity contribution < 1.29 is 14.3 Å². The lowest BCUT2D eigenvalue weighted by Crippen LogP contribution is -2.66. The van der Waals surface area contributed by atoms with Crippen molar-refractivity contribution in [2.45, 2.75) is 58.2 Å². The smallest absolute Gasteiger partial charge is 0.246 e. The van der Waals surface area contributed by atoms with Crippen molar-refractivity contribution >= 4 is 11.8 Å². The minimum Gasteiger partial charge on any atom is -0.492 e. The van der Waals surface area contributed by atoms with Gasteiger partial charge >= 0.3 is 0 Å². The van der Waals surface area contributed by atoms with Crippen LogP contribution in [-0.2, 0) is 29.0 Å². The van der Waals surface area contributed by atoms with E-state index in [1.807, 2.05) is 55.4 Å². The van der Waals surface area contributed by atoms with E-state index in [0.29, 0.717) is 13.2 Å². The van der Waals surface area contributed by atoms with Gasteiger partial charge in [0.05, 0.1) is 6.54 Å². The van der Waals surface area contributed by atoms with Crippen LogP contribution in [0.1, 0.15) is 43.4 Å². The number of nitrogens with one attached hydrogen (secondary N) is 1. The van der Waals surface area contributed by atoms with Crippen LogP contribution >= 0.6 is 0 Å². The highest BCUT2D eigenvalue weighted by Crippen LogP contribution is 2.34. The van der Waals surface area contributed by atoms with Crippen LogP contribution in [0.15, 0.2) is 48.5 Å². The van der Waals surface area contributed by atoms with Crippen molar-refractivity contribution in [3.8, 4) is 5.75 Å². The molecule has 2 aromatic rings. The molecule has 0 unspecified atom stereocenters. The van der Waals surface area contributed by atoms with Crippen molar-refractivity contribution in [3.63, 3.8) is 0 Å². The topological polar surface area (TPSA) is 61.9 Å². The Morgan fingerprint density at radius 1 is 1.00 bits per heavy atom. The van der Waals surface area contributed by atoms with Crippen LogP contribution in [0, 0.1) is 11.8 Å². The molecule has 1 aliphatic heterocycles. The van der Waals surface area contributed by atoms with Crippen LogP contribution in [0.4, 0.5) is 0 Å². The first-order chi connectivity index (χ1) is 16.9. The molecule has 6 heteroatoms. The fourth-order valence-electron chi connectivity index (χ4n) is 5.58. The fraction of sp³-hybridized carbons (Fsp3) is 0.517. The number of amides is 2. The molecule has 2 atom stereocenters. The molecule has 2 amide bonds. The van der Waals surface area contributed by atoms with E-state index in [0.717, 1.165) is 43.5 Å². The second-order valence-electron chi connectivity index (χ2n) is 10.2. The second kappa shape index (κ2) is 11.3. The Kier molecular flexibility index (Phi) is 8.11. The average Bonchev–Trinajstić information content (AvgIpc) is 3.28. The minimum atomic E-state index is -0.498. The highest BCUT2D eigenvalue weighted by atomic mass is 16.5. The number of fused-ring (bicyclic) bond motifs is 1. The number of carbonyl (C=O) groups excluding carboxylic acids is 2. The summed E-state index contributed by atoms with van der Waals surface area (Å²) in [6.07, 6.45) is 3.33. The predicted octanol–water partition coefficient (Wildman–Crippen LogP) is 3.67. The number of rotatable bonds is 10. The standard InChI is InChI=1S/C29H39N3O3/c1-5-20(6-2)27-28(33)30-26(24-17-21-11-7-8-12-22(21)18-24)29(34)32(27)19-23-13-9-10-14-25(23)35-16-15-31(3)4/h7-14,20,24,26-27H,5-6,15-19H2,1-4H3,(H,30,33)/t26-,27-/m1/s1. The van der Waals surface area contributed by atoms with Crippen molar-refractivity contribution in [3.05, 3.63) is 65.2 Å². The van der Waals surface area contributed by atoms with Gasteiger partial charge in [-0.25, -0.2) is 0 Å². The van der Waals surface area contributed by atoms with E-state index >= 15 is 0 Å². The summed E-state index contributed by atoms with van der Waals surface area (Å²) >= 11 is 0. The Morgan fingerprint density at radius 3 is 2.26 bits per heavy atom. The molecule has 1 aliphatic carbocycles. The third-order valence-corrected chi connectivity index (χ3v) is 7.61. The summed E-state index contributed by atoms with van der Waals surface area (Å²) in [5.41, 5.74) is 3.51. The van der Waals surface area contributed by atoms with Crippen molar-refractivity contribution in [1.29, 1.82) is 0 Å². The third-order valence-electron chi connectivity index (χ3n) is 7.61. The van der Waals surface area contributed by atoms with Gasteiger partial charge in [0.15, 0.2) is 0 Å². The van der Waals surface area contributed by atoms with Crippen LogP contribution in [0.3, 0.4) is 0 Å². The Bertz CT molecular complexity index is 1010. The normalized spacial score (nSPS) is 20.5. The van der Waals surface area contributed by atoms with Gasteiger partial charge in [-0.3, -0.25) is 9.59 Å². The number of likely N-dealkylation sites (N-methyl/N-ethyl adjacent to an activating group) is 1. The highest BCUT2D eigenvalue weighted by Gasteiger charge is 2.47. The highest BCUT2D eigenvalue weighted by molar-refractivity contribution is 5.97. The summed E-state index contributed by atoms with van der Waals surface area (Å²) in [6, 6.07) is 15.3. The Hall–Kier alpha value is -2.86. The molecular formula is C29H39N3O3. The average molecular weight is 478 g/mol. The third kappa shape index (κ3) is 5.53. The van der Waals surface area contributed by atoms with E-state index in [1.165, 1.54) is 11.1 Å². The number of benzene rings is 2. The maximum atomic E-state index is 14.0. The van der Waals surface area contributed by atoms with Crippen molar-refractivity contribution in [2.24, 2.45) is 11.8 Å². The number of hydrogen-bond donors (Lipinski definition) is 1. The molecule has 2 aromatic carbocycles. The quantitative estimate of drug-likeness (QED) is 0.567. The Balaban J connectivity index is 1.60. The summed E-state index contributed by atoms with van der Waals surface area (Å²) in [4.78, 5) is 31.5. The molecule has 0 aromatic heterocycles. The van der Waals surface area contributed by atoms with E-state index in [1.54, 1.807) is 0 Å². The van der Waals surface area contributed by atoms with E-state index in [-0.39, 0.29) is 23.7 Å². The van der Waals surface area contributed by atoms with E-state index in [4.69, 9.17) is 4.74 Å². The molecule has 0 radical (unpaired) electrons. The van der Waals surface area contributed by atoms with E-state index in [2.05, 4.69) is 36.2 Å². The summed E-state index contributed by atoms with van der Waals surface area (Å²) in [7, 11) is 4.03. The van der Waals surface area contributed by atoms with Gasteiger partial charge in [0.25, 0.3) is 0 Å². The summed E-state index contributed by atoms with van der Waals surface area (Å²) in [6.45, 7) is 5.95. The van der Waals surface area contributed by atoms with Gasteiger partial charge in [-0.15, -0.1) is 0 Å². The lowest BCUT2D eigenvalue weighted by atomic mass is 9.86. The maximum Gasteiger partial charge on any atom is 0.246 e. The first-order valence-corrected chi connectivity index (χ1v) is 13.0. The molecule has 6 nitrogen and oxygen atoms in total. The minimum absolute atomic E-state index is 0.0229. The van der Waals surface area contributed by atoms with Gasteiger partial charge in [0.2, 0.25) is 11.8 Å². The van der Waals surface area contributed by atoms with Crippen LogP contribution in [0.5, 0.6) is 5.75 Å². The number of para-hydroxylation sites is 1. The zero-order chi connectivity index (χ0) is 24.9. The van der Waals surface area contributed by atoms with Gasteiger partial charge in [0.1, 0.15) is 24.4 Å². The van der Waals surface area contributed by atoms with Gasteiger partial charge < -0.3 is 19.9 Å². The van der Waals surface area contributed by atoms with Gasteiger partial charge in [-0.2, -0.15) is 0 Å². The molecule has 4 rings (SSSR count). The lowest BCUT2D eigenvalue weighted by molar-refractivity contribution is -0.154. The SMILES string of the molecule is CCC(CC)[C@@H]1C(=O)N[C@H](C2Cc3ccccc3C2)C(=O)N1Cc1ccccc1OCCN(C)C. The molecule has 2 aliphatic rings. The summed E-state index contributed by atoms with van der Waals surface area (Å²) < 4.78 is 6.09. The molecule has 1 fully saturated rings. The molecule has 35 heavy (non-hydrogen) atoms. The zero-order valence-corrected chi connectivity index (χ0v) is 21.5. The number of hydrogen-bond acceptors (Lipinski definition) is 4. The largest absolute Gasteiger partial charge is 0.492 e. The van der Waals surface area contributed by atoms with E-state index in [9.17, 15) is 9.59 Å². The molecule has 0 saturated carbocycles. The molecule has 188 valence electrons. The van der Waals surface area contributed by atoms with Crippen LogP contribution in [0.25, 0.3) is 0 Å². The summed E-state index contributed by atoms with van der Waals surface area (Å²) in [5.74, 6) is 0.983. The van der Waals surface area contributed by atoms with Crippen LogP contribution in [0.2, 0.25) is 0 Å². The first-order valence-electron chi connectivity index (χ1n) is 13.0. The number of piperazine rings is 1. The Morgan fingerprint density at radius 2 is 1.63 bits per heavy atom. The number of nitrogens with zero attached hydrogens (tertiary/aromatic N) is 2. The van der Waals surface area contributed by atoms with Crippen molar-refractivity contribution in [2.75, 3.05) is 27.2 Å². The van der Waals surface area contributed by atoms with Gasteiger partial charge in [-0.05, 0) is 56.0 Å². The summed E-state index contributed by atoms with van der Waals surface area (Å²) in [5, 5.41) is 3.15. The molecule has 0 spiro atoms. The fourth-order valence-corrected chi connectivity index (χ4v) is 5.58. The second-order valence-corrected chi connectivity index (χ2v) is 10.2. The van der Waals surface area contributed by atoms with Crippen LogP contribution in [-0.4, -0.2) is 60.9 Å². The Labute approximate surface area is 209 Å². The lowest BCUT2D eigenvalue weighted by Gasteiger charge is -2.43. The molecular weight excluding hydrogens is 438 g/mol. The van der Waals surface area contributed by atoms with Gasteiger partial charge in [0, 0.05) is 12.1 Å². The van der Waals surface area contributed by atoms with Crippen molar-refractivity contribution in [1.82, 2.24) is 15.1 Å². The number of ether oxygens (including phenoxy) is 1. The molecule has 1 N–H and O–H groups in total. The molecule has 0 bridgehead atoms. The predicted molar refractivity (Wildman–Crippen MR) is 138 cm³/mol. The van der Waals surface area contributed by atoms with Crippen LogP contribution < -0.4 is 10.1 Å². The molecule has 1 saturated heterocycles. The zero-order valence-electron chi connectivity index (χ0n) is 21.5. The van der Waals surface area contributed by atoms with Gasteiger partial charge in [-0.1, -0.05) is 69.2 Å². The number of carbonyl (C=O) groups is 2.